The summed E-state index contributed by atoms with van der Waals surface area (Å²) >= 11 is 0. The molecule has 0 unspecified atom stereocenters. The number of carboxylic acids is 1. The summed E-state index contributed by atoms with van der Waals surface area (Å²) in [6, 6.07) is 3.55. The van der Waals surface area contributed by atoms with E-state index in [9.17, 15) is 9.59 Å². The van der Waals surface area contributed by atoms with Gasteiger partial charge in [-0.05, 0) is 24.5 Å². The van der Waals surface area contributed by atoms with Gasteiger partial charge in [0.15, 0.2) is 5.78 Å². The molecule has 5 nitrogen and oxygen atoms in total. The minimum absolute atomic E-state index is 0.00454. The first kappa shape index (κ1) is 11.4. The van der Waals surface area contributed by atoms with Crippen LogP contribution in [0.1, 0.15) is 27.6 Å². The highest BCUT2D eigenvalue weighted by Gasteiger charge is 2.19. The Hall–Kier alpha value is -1.66. The fourth-order valence-electron chi connectivity index (χ4n) is 1.22. The van der Waals surface area contributed by atoms with Gasteiger partial charge in [0.2, 0.25) is 0 Å². The van der Waals surface area contributed by atoms with Crippen LogP contribution in [0, 0.1) is 0 Å². The number of aromatic carboxylic acids is 1. The highest BCUT2D eigenvalue weighted by Crippen LogP contribution is 2.05. The normalized spacial score (nSPS) is 9.80. The van der Waals surface area contributed by atoms with E-state index in [0.717, 1.165) is 6.07 Å². The van der Waals surface area contributed by atoms with Crippen molar-refractivity contribution in [2.45, 2.75) is 6.92 Å². The average molecular weight is 208 g/mol. The molecule has 0 amide bonds. The Morgan fingerprint density at radius 1 is 1.27 bits per heavy atom. The highest BCUT2D eigenvalue weighted by atomic mass is 16.4. The van der Waals surface area contributed by atoms with Crippen LogP contribution in [0.15, 0.2) is 18.2 Å². The second kappa shape index (κ2) is 4.25. The zero-order chi connectivity index (χ0) is 11.6. The lowest BCUT2D eigenvalue weighted by molar-refractivity contribution is 0.0697. The topological polar surface area (TPSA) is 94.8 Å². The standard InChI is InChI=1S/C9H9BO5/c1-5(11)7-4-6(9(12)13)2-3-8(7)10(14)15/h2-4,14-15H,1H3,(H,12,13). The van der Waals surface area contributed by atoms with Gasteiger partial charge >= 0.3 is 13.1 Å². The van der Waals surface area contributed by atoms with Crippen LogP contribution in [0.3, 0.4) is 0 Å². The first-order valence-corrected chi connectivity index (χ1v) is 4.17. The molecular weight excluding hydrogens is 199 g/mol. The third-order valence-electron chi connectivity index (χ3n) is 1.96. The second-order valence-electron chi connectivity index (χ2n) is 3.04. The van der Waals surface area contributed by atoms with Crippen LogP contribution in [0.2, 0.25) is 0 Å². The molecule has 1 rings (SSSR count). The third-order valence-corrected chi connectivity index (χ3v) is 1.96. The number of benzene rings is 1. The first-order chi connectivity index (χ1) is 6.93. The maximum Gasteiger partial charge on any atom is 0.489 e. The molecule has 78 valence electrons. The van der Waals surface area contributed by atoms with Crippen molar-refractivity contribution in [3.63, 3.8) is 0 Å². The number of carbonyl (C=O) groups is 2. The van der Waals surface area contributed by atoms with Crippen LogP contribution in [0.5, 0.6) is 0 Å². The summed E-state index contributed by atoms with van der Waals surface area (Å²) in [6.07, 6.45) is 0. The van der Waals surface area contributed by atoms with Gasteiger partial charge in [-0.2, -0.15) is 0 Å². The zero-order valence-corrected chi connectivity index (χ0v) is 7.97. The molecule has 6 heteroatoms. The lowest BCUT2D eigenvalue weighted by Crippen LogP contribution is -2.34. The van der Waals surface area contributed by atoms with Crippen LogP contribution in [-0.2, 0) is 0 Å². The van der Waals surface area contributed by atoms with E-state index in [2.05, 4.69) is 0 Å². The first-order valence-electron chi connectivity index (χ1n) is 4.17. The van der Waals surface area contributed by atoms with Gasteiger partial charge in [0.05, 0.1) is 5.56 Å². The Morgan fingerprint density at radius 3 is 2.27 bits per heavy atom. The number of Topliss-reactive ketones (excluding diaryl/α,β-unsaturated/α-hetero) is 1. The minimum Gasteiger partial charge on any atom is -0.478 e. The predicted octanol–water partition coefficient (Wildman–Crippen LogP) is -0.733. The molecule has 0 aliphatic heterocycles. The van der Waals surface area contributed by atoms with Crippen LogP contribution in [0.4, 0.5) is 0 Å². The molecule has 0 heterocycles. The number of hydrogen-bond donors (Lipinski definition) is 3. The monoisotopic (exact) mass is 208 g/mol. The molecule has 0 radical (unpaired) electrons. The van der Waals surface area contributed by atoms with Crippen molar-refractivity contribution in [2.75, 3.05) is 0 Å². The maximum absolute atomic E-state index is 11.1. The smallest absolute Gasteiger partial charge is 0.478 e. The molecule has 1 aromatic rings. The van der Waals surface area contributed by atoms with E-state index in [4.69, 9.17) is 15.2 Å². The molecule has 3 N–H and O–H groups in total. The summed E-state index contributed by atoms with van der Waals surface area (Å²) in [7, 11) is -1.79. The molecule has 0 atom stereocenters. The lowest BCUT2D eigenvalue weighted by atomic mass is 9.75. The van der Waals surface area contributed by atoms with Crippen LogP contribution >= 0.6 is 0 Å². The van der Waals surface area contributed by atoms with Crippen LogP contribution in [-0.4, -0.2) is 34.0 Å². The van der Waals surface area contributed by atoms with Crippen molar-refractivity contribution in [3.05, 3.63) is 29.3 Å². The quantitative estimate of drug-likeness (QED) is 0.449. The van der Waals surface area contributed by atoms with Gasteiger partial charge in [0.25, 0.3) is 0 Å². The van der Waals surface area contributed by atoms with E-state index in [1.807, 2.05) is 0 Å². The van der Waals surface area contributed by atoms with Gasteiger partial charge in [0.1, 0.15) is 0 Å². The van der Waals surface area contributed by atoms with Gasteiger partial charge in [0, 0.05) is 5.56 Å². The largest absolute Gasteiger partial charge is 0.489 e. The third kappa shape index (κ3) is 2.42. The summed E-state index contributed by atoms with van der Waals surface area (Å²) in [4.78, 5) is 21.8. The van der Waals surface area contributed by atoms with Gasteiger partial charge < -0.3 is 15.2 Å². The summed E-state index contributed by atoms with van der Waals surface area (Å²) in [5.41, 5.74) is -0.0537. The summed E-state index contributed by atoms with van der Waals surface area (Å²) < 4.78 is 0. The van der Waals surface area contributed by atoms with E-state index < -0.39 is 18.9 Å². The van der Waals surface area contributed by atoms with Crippen LogP contribution < -0.4 is 5.46 Å². The number of rotatable bonds is 3. The molecule has 0 spiro atoms. The Morgan fingerprint density at radius 2 is 1.87 bits per heavy atom. The number of ketones is 1. The zero-order valence-electron chi connectivity index (χ0n) is 7.97. The molecule has 0 aliphatic carbocycles. The van der Waals surface area contributed by atoms with Gasteiger partial charge in [-0.3, -0.25) is 4.79 Å². The second-order valence-corrected chi connectivity index (χ2v) is 3.04. The van der Waals surface area contributed by atoms with E-state index in [1.54, 1.807) is 0 Å². The Balaban J connectivity index is 3.33. The Bertz CT molecular complexity index is 413. The van der Waals surface area contributed by atoms with Crippen molar-refractivity contribution in [2.24, 2.45) is 0 Å². The van der Waals surface area contributed by atoms with E-state index in [1.165, 1.54) is 19.1 Å². The summed E-state index contributed by atoms with van der Waals surface area (Å²) in [6.45, 7) is 1.23. The molecule has 15 heavy (non-hydrogen) atoms. The van der Waals surface area contributed by atoms with Gasteiger partial charge in [-0.15, -0.1) is 0 Å². The molecule has 0 aliphatic rings. The molecule has 0 saturated heterocycles. The molecule has 1 aromatic carbocycles. The fourth-order valence-corrected chi connectivity index (χ4v) is 1.22. The van der Waals surface area contributed by atoms with Crippen molar-refractivity contribution < 1.29 is 24.7 Å². The fraction of sp³-hybridized carbons (Fsp3) is 0.111. The summed E-state index contributed by atoms with van der Waals surface area (Å²) in [5, 5.41) is 26.6. The molecule has 0 fully saturated rings. The maximum atomic E-state index is 11.1. The van der Waals surface area contributed by atoms with Crippen molar-refractivity contribution in [1.29, 1.82) is 0 Å². The number of carboxylic acid groups (broad SMARTS) is 1. The van der Waals surface area contributed by atoms with E-state index >= 15 is 0 Å². The van der Waals surface area contributed by atoms with E-state index in [-0.39, 0.29) is 16.6 Å². The Labute approximate surface area is 86.1 Å². The molecule has 0 bridgehead atoms. The Kier molecular flexibility index (Phi) is 3.23. The lowest BCUT2D eigenvalue weighted by Gasteiger charge is -2.06. The van der Waals surface area contributed by atoms with Gasteiger partial charge in [-0.1, -0.05) is 6.07 Å². The summed E-state index contributed by atoms with van der Waals surface area (Å²) in [5.74, 6) is -1.59. The highest BCUT2D eigenvalue weighted by molar-refractivity contribution is 6.60. The number of carbonyl (C=O) groups excluding carboxylic acids is 1. The van der Waals surface area contributed by atoms with Gasteiger partial charge in [-0.25, -0.2) is 4.79 Å². The average Bonchev–Trinajstić information content (AvgIpc) is 2.16. The van der Waals surface area contributed by atoms with Crippen LogP contribution in [0.25, 0.3) is 0 Å². The molecule has 0 aromatic heterocycles. The SMILES string of the molecule is CC(=O)c1cc(C(=O)O)ccc1B(O)O. The molecular formula is C9H9BO5. The van der Waals surface area contributed by atoms with Crippen molar-refractivity contribution >= 4 is 24.3 Å². The predicted molar refractivity (Wildman–Crippen MR) is 53.2 cm³/mol. The number of hydrogen-bond acceptors (Lipinski definition) is 4. The van der Waals surface area contributed by atoms with Crippen molar-refractivity contribution in [3.8, 4) is 0 Å². The van der Waals surface area contributed by atoms with E-state index in [0.29, 0.717) is 0 Å². The minimum atomic E-state index is -1.79. The molecule has 0 saturated carbocycles. The van der Waals surface area contributed by atoms with Crippen molar-refractivity contribution in [1.82, 2.24) is 0 Å².